The van der Waals surface area contributed by atoms with Crippen molar-refractivity contribution < 1.29 is 8.42 Å². The summed E-state index contributed by atoms with van der Waals surface area (Å²) in [6, 6.07) is 0.103. The standard InChI is InChI=1S/C14H29N3O2S/c1-3-15-12-13-8-4-7-11-17(13)20(18,19)16-14(2)9-5-6-10-14/h13,15-16H,3-12H2,1-2H3. The van der Waals surface area contributed by atoms with E-state index in [9.17, 15) is 8.42 Å². The van der Waals surface area contributed by atoms with Crippen molar-refractivity contribution in [3.8, 4) is 0 Å². The third-order valence-electron chi connectivity index (χ3n) is 4.59. The monoisotopic (exact) mass is 303 g/mol. The van der Waals surface area contributed by atoms with Crippen molar-refractivity contribution in [3.05, 3.63) is 0 Å². The number of likely N-dealkylation sites (N-methyl/N-ethyl adjacent to an activating group) is 1. The van der Waals surface area contributed by atoms with E-state index >= 15 is 0 Å². The highest BCUT2D eigenvalue weighted by molar-refractivity contribution is 7.87. The van der Waals surface area contributed by atoms with Gasteiger partial charge in [0.05, 0.1) is 0 Å². The second kappa shape index (κ2) is 6.73. The van der Waals surface area contributed by atoms with E-state index in [1.54, 1.807) is 4.31 Å². The number of hydrogen-bond acceptors (Lipinski definition) is 3. The molecule has 1 atom stereocenters. The Hall–Kier alpha value is -0.170. The van der Waals surface area contributed by atoms with Gasteiger partial charge in [0.1, 0.15) is 0 Å². The summed E-state index contributed by atoms with van der Waals surface area (Å²) < 4.78 is 30.1. The Morgan fingerprint density at radius 1 is 1.20 bits per heavy atom. The van der Waals surface area contributed by atoms with Crippen molar-refractivity contribution >= 4 is 10.2 Å². The number of hydrogen-bond donors (Lipinski definition) is 2. The number of piperidine rings is 1. The van der Waals surface area contributed by atoms with Crippen molar-refractivity contribution in [3.63, 3.8) is 0 Å². The van der Waals surface area contributed by atoms with Gasteiger partial charge in [-0.2, -0.15) is 17.4 Å². The molecule has 0 aromatic rings. The van der Waals surface area contributed by atoms with Gasteiger partial charge in [-0.15, -0.1) is 0 Å². The lowest BCUT2D eigenvalue weighted by Crippen LogP contribution is -2.56. The summed E-state index contributed by atoms with van der Waals surface area (Å²) in [7, 11) is -3.36. The first-order chi connectivity index (χ1) is 9.47. The van der Waals surface area contributed by atoms with Gasteiger partial charge in [0.15, 0.2) is 0 Å². The Morgan fingerprint density at radius 3 is 2.55 bits per heavy atom. The molecule has 5 nitrogen and oxygen atoms in total. The van der Waals surface area contributed by atoms with Crippen LogP contribution in [0.4, 0.5) is 0 Å². The first-order valence-corrected chi connectivity index (χ1v) is 9.42. The highest BCUT2D eigenvalue weighted by Crippen LogP contribution is 2.31. The summed E-state index contributed by atoms with van der Waals surface area (Å²) in [4.78, 5) is 0. The average Bonchev–Trinajstić information content (AvgIpc) is 2.82. The first kappa shape index (κ1) is 16.2. The van der Waals surface area contributed by atoms with Gasteiger partial charge < -0.3 is 5.32 Å². The molecule has 0 aromatic carbocycles. The second-order valence-electron chi connectivity index (χ2n) is 6.44. The molecule has 0 radical (unpaired) electrons. The fourth-order valence-electron chi connectivity index (χ4n) is 3.43. The fraction of sp³-hybridized carbons (Fsp3) is 1.00. The average molecular weight is 303 g/mol. The topological polar surface area (TPSA) is 61.4 Å². The summed E-state index contributed by atoms with van der Waals surface area (Å²) in [6.45, 7) is 6.39. The molecule has 1 heterocycles. The maximum absolute atomic E-state index is 12.7. The Morgan fingerprint density at radius 2 is 1.90 bits per heavy atom. The van der Waals surface area contributed by atoms with Crippen LogP contribution in [-0.2, 0) is 10.2 Å². The maximum atomic E-state index is 12.7. The van der Waals surface area contributed by atoms with Gasteiger partial charge in [-0.25, -0.2) is 0 Å². The highest BCUT2D eigenvalue weighted by Gasteiger charge is 2.38. The van der Waals surface area contributed by atoms with Gasteiger partial charge in [-0.05, 0) is 39.2 Å². The zero-order valence-electron chi connectivity index (χ0n) is 12.8. The second-order valence-corrected chi connectivity index (χ2v) is 8.07. The smallest absolute Gasteiger partial charge is 0.280 e. The molecule has 0 aromatic heterocycles. The van der Waals surface area contributed by atoms with E-state index < -0.39 is 10.2 Å². The van der Waals surface area contributed by atoms with Gasteiger partial charge in [-0.3, -0.25) is 0 Å². The van der Waals surface area contributed by atoms with Gasteiger partial charge in [0.2, 0.25) is 0 Å². The van der Waals surface area contributed by atoms with Crippen LogP contribution in [0.15, 0.2) is 0 Å². The molecule has 1 unspecified atom stereocenters. The fourth-order valence-corrected chi connectivity index (χ4v) is 5.32. The van der Waals surface area contributed by atoms with Crippen molar-refractivity contribution in [1.82, 2.24) is 14.3 Å². The first-order valence-electron chi connectivity index (χ1n) is 7.98. The predicted octanol–water partition coefficient (Wildman–Crippen LogP) is 1.62. The predicted molar refractivity (Wildman–Crippen MR) is 81.8 cm³/mol. The molecule has 2 N–H and O–H groups in total. The molecule has 1 aliphatic heterocycles. The van der Waals surface area contributed by atoms with E-state index in [0.717, 1.165) is 58.0 Å². The summed E-state index contributed by atoms with van der Waals surface area (Å²) in [5.41, 5.74) is -0.237. The van der Waals surface area contributed by atoms with Crippen LogP contribution in [0.1, 0.15) is 58.8 Å². The molecule has 1 saturated heterocycles. The molecular formula is C14H29N3O2S. The van der Waals surface area contributed by atoms with Crippen molar-refractivity contribution in [2.24, 2.45) is 0 Å². The zero-order chi connectivity index (χ0) is 14.6. The number of nitrogens with one attached hydrogen (secondary N) is 2. The molecule has 0 bridgehead atoms. The largest absolute Gasteiger partial charge is 0.315 e. The van der Waals surface area contributed by atoms with Gasteiger partial charge in [0, 0.05) is 24.7 Å². The molecule has 6 heteroatoms. The molecule has 1 aliphatic carbocycles. The lowest BCUT2D eigenvalue weighted by molar-refractivity contribution is 0.238. The molecule has 2 rings (SSSR count). The zero-order valence-corrected chi connectivity index (χ0v) is 13.6. The van der Waals surface area contributed by atoms with E-state index in [2.05, 4.69) is 17.0 Å². The van der Waals surface area contributed by atoms with E-state index in [-0.39, 0.29) is 11.6 Å². The third-order valence-corrected chi connectivity index (χ3v) is 6.44. The van der Waals surface area contributed by atoms with Crippen LogP contribution in [-0.4, -0.2) is 43.9 Å². The van der Waals surface area contributed by atoms with Crippen LogP contribution >= 0.6 is 0 Å². The normalized spacial score (nSPS) is 27.8. The summed E-state index contributed by atoms with van der Waals surface area (Å²) >= 11 is 0. The SMILES string of the molecule is CCNCC1CCCCN1S(=O)(=O)NC1(C)CCCC1. The number of rotatable bonds is 6. The summed E-state index contributed by atoms with van der Waals surface area (Å²) in [6.07, 6.45) is 7.22. The van der Waals surface area contributed by atoms with E-state index in [1.165, 1.54) is 0 Å². The molecule has 118 valence electrons. The maximum Gasteiger partial charge on any atom is 0.280 e. The van der Waals surface area contributed by atoms with Gasteiger partial charge >= 0.3 is 0 Å². The molecule has 2 aliphatic rings. The van der Waals surface area contributed by atoms with E-state index in [0.29, 0.717) is 6.54 Å². The van der Waals surface area contributed by atoms with Crippen LogP contribution in [0.25, 0.3) is 0 Å². The lowest BCUT2D eigenvalue weighted by atomic mass is 10.0. The van der Waals surface area contributed by atoms with Crippen molar-refractivity contribution in [2.45, 2.75) is 70.4 Å². The molecule has 0 spiro atoms. The van der Waals surface area contributed by atoms with Crippen LogP contribution in [0, 0.1) is 0 Å². The van der Waals surface area contributed by atoms with Crippen molar-refractivity contribution in [2.75, 3.05) is 19.6 Å². The third kappa shape index (κ3) is 3.93. The van der Waals surface area contributed by atoms with Crippen molar-refractivity contribution in [1.29, 1.82) is 0 Å². The molecule has 0 amide bonds. The minimum Gasteiger partial charge on any atom is -0.315 e. The van der Waals surface area contributed by atoms with Crippen LogP contribution in [0.2, 0.25) is 0 Å². The summed E-state index contributed by atoms with van der Waals surface area (Å²) in [5, 5.41) is 3.29. The highest BCUT2D eigenvalue weighted by atomic mass is 32.2. The van der Waals surface area contributed by atoms with Gasteiger partial charge in [0.25, 0.3) is 10.2 Å². The molecule has 2 fully saturated rings. The minimum atomic E-state index is -3.36. The van der Waals surface area contributed by atoms with Crippen LogP contribution in [0.5, 0.6) is 0 Å². The van der Waals surface area contributed by atoms with Crippen LogP contribution in [0.3, 0.4) is 0 Å². The summed E-state index contributed by atoms with van der Waals surface area (Å²) in [5.74, 6) is 0. The Labute approximate surface area is 123 Å². The quantitative estimate of drug-likeness (QED) is 0.784. The Kier molecular flexibility index (Phi) is 5.45. The molecule has 20 heavy (non-hydrogen) atoms. The molecular weight excluding hydrogens is 274 g/mol. The number of nitrogens with zero attached hydrogens (tertiary/aromatic N) is 1. The minimum absolute atomic E-state index is 0.103. The molecule has 1 saturated carbocycles. The Bertz CT molecular complexity index is 405. The van der Waals surface area contributed by atoms with E-state index in [4.69, 9.17) is 0 Å². The lowest BCUT2D eigenvalue weighted by Gasteiger charge is -2.37. The van der Waals surface area contributed by atoms with Crippen LogP contribution < -0.4 is 10.0 Å². The van der Waals surface area contributed by atoms with E-state index in [1.807, 2.05) is 6.92 Å². The van der Waals surface area contributed by atoms with Gasteiger partial charge in [-0.1, -0.05) is 26.2 Å². The Balaban J connectivity index is 2.05.